The first-order chi connectivity index (χ1) is 21.5. The molecule has 1 aliphatic heterocycles. The van der Waals surface area contributed by atoms with Crippen molar-refractivity contribution in [3.8, 4) is 6.07 Å². The van der Waals surface area contributed by atoms with Gasteiger partial charge in [-0.1, -0.05) is 31.7 Å². The first kappa shape index (κ1) is 31.7. The maximum Gasteiger partial charge on any atom is 0.393 e. The summed E-state index contributed by atoms with van der Waals surface area (Å²) in [7, 11) is 0. The number of piperidine rings is 1. The van der Waals surface area contributed by atoms with Crippen molar-refractivity contribution in [1.29, 1.82) is 5.26 Å². The molecule has 1 aliphatic carbocycles. The molecule has 45 heavy (non-hydrogen) atoms. The van der Waals surface area contributed by atoms with Crippen LogP contribution in [0.1, 0.15) is 66.6 Å². The van der Waals surface area contributed by atoms with Gasteiger partial charge < -0.3 is 20.1 Å². The number of rotatable bonds is 12. The zero-order valence-corrected chi connectivity index (χ0v) is 26.2. The van der Waals surface area contributed by atoms with Crippen LogP contribution < -0.4 is 5.32 Å². The smallest absolute Gasteiger partial charge is 0.393 e. The first-order valence-corrected chi connectivity index (χ1v) is 16.5. The molecule has 12 heteroatoms. The third-order valence-electron chi connectivity index (χ3n) is 9.36. The summed E-state index contributed by atoms with van der Waals surface area (Å²) in [6, 6.07) is 9.98. The number of anilines is 1. The number of halogens is 3. The fraction of sp³-hybridized carbons (Fsp3) is 0.545. The second kappa shape index (κ2) is 12.9. The van der Waals surface area contributed by atoms with Gasteiger partial charge in [0.05, 0.1) is 25.0 Å². The number of alkyl halides is 3. The van der Waals surface area contributed by atoms with Gasteiger partial charge in [0.1, 0.15) is 34.3 Å². The fourth-order valence-corrected chi connectivity index (χ4v) is 7.59. The monoisotopic (exact) mass is 640 g/mol. The standard InChI is InChI=1S/C33H39F3N6O2S/c1-21-23(6-7-29-27(21)13-25(16-37)42(29)18-32(44,19-43)10-2-3-22-4-5-22)17-41-11-8-24(9-12-41)40-30-28-14-26(15-33(34,35)36)45-31(28)39-20-38-30/h6-7,13-14,20,22,24,43-44H,2-5,8-12,15,17-19H2,1H3,(H,38,39,40). The van der Waals surface area contributed by atoms with Crippen molar-refractivity contribution in [3.63, 3.8) is 0 Å². The lowest BCUT2D eigenvalue weighted by atomic mass is 9.96. The maximum atomic E-state index is 12.9. The zero-order valence-electron chi connectivity index (χ0n) is 25.4. The van der Waals surface area contributed by atoms with Gasteiger partial charge >= 0.3 is 6.18 Å². The summed E-state index contributed by atoms with van der Waals surface area (Å²) in [5.41, 5.74) is 2.35. The number of aromatic nitrogens is 3. The van der Waals surface area contributed by atoms with Gasteiger partial charge in [0.25, 0.3) is 0 Å². The highest BCUT2D eigenvalue weighted by molar-refractivity contribution is 7.18. The summed E-state index contributed by atoms with van der Waals surface area (Å²) in [6.07, 6.45) is 2.84. The Balaban J connectivity index is 1.10. The Bertz CT molecular complexity index is 1700. The number of aliphatic hydroxyl groups excluding tert-OH is 1. The third kappa shape index (κ3) is 7.43. The first-order valence-electron chi connectivity index (χ1n) is 15.7. The highest BCUT2D eigenvalue weighted by atomic mass is 32.1. The fourth-order valence-electron chi connectivity index (χ4n) is 6.56. The quantitative estimate of drug-likeness (QED) is 0.167. The van der Waals surface area contributed by atoms with E-state index < -0.39 is 18.2 Å². The van der Waals surface area contributed by atoms with E-state index in [9.17, 15) is 28.6 Å². The number of likely N-dealkylation sites (tertiary alicyclic amines) is 1. The van der Waals surface area contributed by atoms with Crippen molar-refractivity contribution >= 4 is 38.3 Å². The molecule has 4 heterocycles. The number of hydrogen-bond acceptors (Lipinski definition) is 8. The predicted octanol–water partition coefficient (Wildman–Crippen LogP) is 6.31. The average Bonchev–Trinajstić information content (AvgIpc) is 3.63. The second-order valence-electron chi connectivity index (χ2n) is 12.9. The molecule has 1 saturated heterocycles. The van der Waals surface area contributed by atoms with E-state index >= 15 is 0 Å². The summed E-state index contributed by atoms with van der Waals surface area (Å²) < 4.78 is 40.6. The van der Waals surface area contributed by atoms with Gasteiger partial charge in [-0.15, -0.1) is 11.3 Å². The molecule has 1 unspecified atom stereocenters. The number of nitrogens with zero attached hydrogens (tertiary/aromatic N) is 5. The van der Waals surface area contributed by atoms with Crippen LogP contribution in [-0.2, 0) is 19.5 Å². The van der Waals surface area contributed by atoms with Crippen molar-refractivity contribution in [2.45, 2.75) is 89.2 Å². The van der Waals surface area contributed by atoms with Crippen LogP contribution in [0.2, 0.25) is 0 Å². The van der Waals surface area contributed by atoms with E-state index in [4.69, 9.17) is 0 Å². The van der Waals surface area contributed by atoms with E-state index in [2.05, 4.69) is 39.2 Å². The SMILES string of the molecule is Cc1c(CN2CCC(Nc3ncnc4sc(CC(F)(F)F)cc34)CC2)ccc2c1cc(C#N)n2CC(O)(CO)CCCC1CC1. The molecular formula is C33H39F3N6O2S. The Morgan fingerprint density at radius 3 is 2.58 bits per heavy atom. The third-order valence-corrected chi connectivity index (χ3v) is 10.4. The number of aliphatic hydroxyl groups is 2. The summed E-state index contributed by atoms with van der Waals surface area (Å²) in [5, 5.41) is 36.3. The number of hydrogen-bond donors (Lipinski definition) is 3. The molecular weight excluding hydrogens is 601 g/mol. The van der Waals surface area contributed by atoms with Gasteiger partial charge in [0.2, 0.25) is 0 Å². The molecule has 6 rings (SSSR count). The van der Waals surface area contributed by atoms with E-state index in [0.29, 0.717) is 28.1 Å². The molecule has 3 aromatic heterocycles. The van der Waals surface area contributed by atoms with E-state index in [1.165, 1.54) is 24.7 Å². The normalized spacial score (nSPS) is 18.0. The summed E-state index contributed by atoms with van der Waals surface area (Å²) in [5.74, 6) is 1.34. The van der Waals surface area contributed by atoms with Crippen molar-refractivity contribution in [3.05, 3.63) is 52.3 Å². The van der Waals surface area contributed by atoms with E-state index in [0.717, 1.165) is 79.0 Å². The zero-order chi connectivity index (χ0) is 31.8. The highest BCUT2D eigenvalue weighted by Gasteiger charge is 2.31. The minimum atomic E-state index is -4.26. The summed E-state index contributed by atoms with van der Waals surface area (Å²) in [4.78, 5) is 11.7. The van der Waals surface area contributed by atoms with E-state index in [-0.39, 0.29) is 24.1 Å². The Labute approximate surface area is 264 Å². The van der Waals surface area contributed by atoms with Gasteiger partial charge in [-0.3, -0.25) is 4.90 Å². The molecule has 0 amide bonds. The molecule has 240 valence electrons. The number of fused-ring (bicyclic) bond motifs is 2. The molecule has 1 aromatic carbocycles. The van der Waals surface area contributed by atoms with Crippen molar-refractivity contribution in [2.24, 2.45) is 5.92 Å². The molecule has 0 spiro atoms. The molecule has 0 radical (unpaired) electrons. The number of nitriles is 1. The van der Waals surface area contributed by atoms with Crippen LogP contribution in [0, 0.1) is 24.2 Å². The van der Waals surface area contributed by atoms with Gasteiger partial charge in [-0.2, -0.15) is 18.4 Å². The van der Waals surface area contributed by atoms with Crippen molar-refractivity contribution < 1.29 is 23.4 Å². The number of benzene rings is 1. The maximum absolute atomic E-state index is 12.9. The van der Waals surface area contributed by atoms with Crippen molar-refractivity contribution in [1.82, 2.24) is 19.4 Å². The lowest BCUT2D eigenvalue weighted by molar-refractivity contribution is -0.126. The minimum absolute atomic E-state index is 0.149. The molecule has 8 nitrogen and oxygen atoms in total. The van der Waals surface area contributed by atoms with Crippen LogP contribution in [0.25, 0.3) is 21.1 Å². The lowest BCUT2D eigenvalue weighted by Gasteiger charge is -2.33. The number of aryl methyl sites for hydroxylation is 1. The Hall–Kier alpha value is -3.24. The molecule has 0 bridgehead atoms. The Kier molecular flexibility index (Phi) is 9.07. The summed E-state index contributed by atoms with van der Waals surface area (Å²) in [6.45, 7) is 4.35. The summed E-state index contributed by atoms with van der Waals surface area (Å²) >= 11 is 1.05. The Morgan fingerprint density at radius 1 is 1.11 bits per heavy atom. The number of nitrogens with one attached hydrogen (secondary N) is 1. The van der Waals surface area contributed by atoms with Crippen LogP contribution in [0.5, 0.6) is 0 Å². The van der Waals surface area contributed by atoms with E-state index in [1.807, 2.05) is 16.7 Å². The topological polar surface area (TPSA) is 110 Å². The van der Waals surface area contributed by atoms with Crippen LogP contribution in [-0.4, -0.2) is 67.2 Å². The van der Waals surface area contributed by atoms with Gasteiger partial charge in [0.15, 0.2) is 0 Å². The molecule has 2 aliphatic rings. The minimum Gasteiger partial charge on any atom is -0.393 e. The second-order valence-corrected chi connectivity index (χ2v) is 14.0. The molecule has 3 N–H and O–H groups in total. The highest BCUT2D eigenvalue weighted by Crippen LogP contribution is 2.36. The van der Waals surface area contributed by atoms with E-state index in [1.54, 1.807) is 6.07 Å². The van der Waals surface area contributed by atoms with Crippen molar-refractivity contribution in [2.75, 3.05) is 25.0 Å². The van der Waals surface area contributed by atoms with Gasteiger partial charge in [-0.25, -0.2) is 9.97 Å². The van der Waals surface area contributed by atoms with Crippen LogP contribution in [0.4, 0.5) is 19.0 Å². The molecule has 4 aromatic rings. The molecule has 1 atom stereocenters. The van der Waals surface area contributed by atoms with Crippen LogP contribution in [0.3, 0.4) is 0 Å². The molecule has 1 saturated carbocycles. The number of thiophene rings is 1. The van der Waals surface area contributed by atoms with Gasteiger partial charge in [0, 0.05) is 41.5 Å². The predicted molar refractivity (Wildman–Crippen MR) is 169 cm³/mol. The van der Waals surface area contributed by atoms with Crippen LogP contribution >= 0.6 is 11.3 Å². The molecule has 2 fully saturated rings. The largest absolute Gasteiger partial charge is 0.393 e. The Morgan fingerprint density at radius 2 is 1.89 bits per heavy atom. The van der Waals surface area contributed by atoms with Crippen LogP contribution in [0.15, 0.2) is 30.6 Å². The lowest BCUT2D eigenvalue weighted by Crippen LogP contribution is -2.39. The van der Waals surface area contributed by atoms with Gasteiger partial charge in [-0.05, 0) is 61.4 Å². The average molecular weight is 641 g/mol.